The van der Waals surface area contributed by atoms with Crippen molar-refractivity contribution in [1.29, 1.82) is 0 Å². The lowest BCUT2D eigenvalue weighted by Crippen LogP contribution is -2.52. The van der Waals surface area contributed by atoms with Gasteiger partial charge in [0.1, 0.15) is 5.54 Å². The summed E-state index contributed by atoms with van der Waals surface area (Å²) in [7, 11) is 0. The number of imide groups is 1. The number of benzene rings is 1. The van der Waals surface area contributed by atoms with Gasteiger partial charge < -0.3 is 10.6 Å². The quantitative estimate of drug-likeness (QED) is 0.571. The number of hydrogen-bond acceptors (Lipinski definition) is 3. The number of carbonyl (C=O) groups excluding carboxylic acids is 2. The third-order valence-corrected chi connectivity index (χ3v) is 5.29. The minimum Gasteiger partial charge on any atom is -0.331 e. The van der Waals surface area contributed by atoms with Crippen LogP contribution in [0.25, 0.3) is 0 Å². The van der Waals surface area contributed by atoms with E-state index in [4.69, 9.17) is 12.2 Å². The summed E-state index contributed by atoms with van der Waals surface area (Å²) in [6.07, 6.45) is 4.15. The Bertz CT molecular complexity index is 698. The number of carbonyl (C=O) groups is 2. The standard InChI is InChI=1S/C18H24N4O2S/c1-3-13-5-4-6-14(11-13)19-16(25)21-22-15(23)18(20-17(22)24)9-7-12(2)8-10-18/h4-6,11-12H,3,7-10H2,1-2H3,(H,20,24)(H2,19,21,25). The fourth-order valence-corrected chi connectivity index (χ4v) is 3.65. The topological polar surface area (TPSA) is 73.5 Å². The van der Waals surface area contributed by atoms with E-state index in [1.54, 1.807) is 0 Å². The van der Waals surface area contributed by atoms with Gasteiger partial charge in [0, 0.05) is 5.69 Å². The molecule has 3 rings (SSSR count). The van der Waals surface area contributed by atoms with E-state index in [9.17, 15) is 9.59 Å². The van der Waals surface area contributed by atoms with E-state index in [0.29, 0.717) is 18.8 Å². The maximum Gasteiger partial charge on any atom is 0.344 e. The van der Waals surface area contributed by atoms with Crippen molar-refractivity contribution in [2.75, 3.05) is 5.32 Å². The summed E-state index contributed by atoms with van der Waals surface area (Å²) in [4.78, 5) is 25.1. The van der Waals surface area contributed by atoms with Crippen LogP contribution in [0.1, 0.15) is 45.1 Å². The van der Waals surface area contributed by atoms with Gasteiger partial charge in [0.15, 0.2) is 5.11 Å². The molecule has 0 atom stereocenters. The van der Waals surface area contributed by atoms with Crippen molar-refractivity contribution < 1.29 is 9.59 Å². The van der Waals surface area contributed by atoms with Crippen LogP contribution in [0.5, 0.6) is 0 Å². The van der Waals surface area contributed by atoms with E-state index < -0.39 is 11.6 Å². The molecule has 134 valence electrons. The molecule has 2 fully saturated rings. The highest BCUT2D eigenvalue weighted by molar-refractivity contribution is 7.80. The van der Waals surface area contributed by atoms with Crippen LogP contribution < -0.4 is 16.1 Å². The molecule has 1 aromatic rings. The van der Waals surface area contributed by atoms with Crippen molar-refractivity contribution in [3.05, 3.63) is 29.8 Å². The summed E-state index contributed by atoms with van der Waals surface area (Å²) < 4.78 is 0. The molecule has 3 amide bonds. The van der Waals surface area contributed by atoms with Gasteiger partial charge in [-0.2, -0.15) is 5.01 Å². The Morgan fingerprint density at radius 1 is 1.36 bits per heavy atom. The molecule has 0 radical (unpaired) electrons. The second-order valence-electron chi connectivity index (χ2n) is 6.96. The van der Waals surface area contributed by atoms with Crippen molar-refractivity contribution >= 4 is 35.0 Å². The monoisotopic (exact) mass is 360 g/mol. The molecule has 1 spiro atoms. The average molecular weight is 360 g/mol. The van der Waals surface area contributed by atoms with Crippen molar-refractivity contribution in [2.45, 2.75) is 51.5 Å². The van der Waals surface area contributed by atoms with Crippen molar-refractivity contribution in [1.82, 2.24) is 15.8 Å². The molecule has 7 heteroatoms. The highest BCUT2D eigenvalue weighted by atomic mass is 32.1. The van der Waals surface area contributed by atoms with Gasteiger partial charge in [0.25, 0.3) is 5.91 Å². The molecule has 6 nitrogen and oxygen atoms in total. The molecule has 3 N–H and O–H groups in total. The zero-order valence-corrected chi connectivity index (χ0v) is 15.4. The number of hydrazine groups is 1. The Balaban J connectivity index is 1.65. The maximum absolute atomic E-state index is 12.8. The zero-order chi connectivity index (χ0) is 18.0. The number of nitrogens with zero attached hydrogens (tertiary/aromatic N) is 1. The normalized spacial score (nSPS) is 25.8. The second kappa shape index (κ2) is 7.00. The van der Waals surface area contributed by atoms with E-state index >= 15 is 0 Å². The first-order valence-corrected chi connectivity index (χ1v) is 9.17. The maximum atomic E-state index is 12.8. The summed E-state index contributed by atoms with van der Waals surface area (Å²) in [6.45, 7) is 4.25. The molecule has 1 aromatic carbocycles. The molecular weight excluding hydrogens is 336 g/mol. The predicted molar refractivity (Wildman–Crippen MR) is 101 cm³/mol. The third-order valence-electron chi connectivity index (χ3n) is 5.10. The Kier molecular flexibility index (Phi) is 4.94. The molecule has 2 aliphatic rings. The van der Waals surface area contributed by atoms with Gasteiger partial charge in [-0.1, -0.05) is 26.0 Å². The lowest BCUT2D eigenvalue weighted by atomic mass is 9.77. The van der Waals surface area contributed by atoms with Crippen LogP contribution in [0, 0.1) is 5.92 Å². The molecule has 1 heterocycles. The van der Waals surface area contributed by atoms with E-state index in [1.165, 1.54) is 5.56 Å². The average Bonchev–Trinajstić information content (AvgIpc) is 2.82. The number of hydrogen-bond donors (Lipinski definition) is 3. The van der Waals surface area contributed by atoms with Gasteiger partial charge >= 0.3 is 6.03 Å². The second-order valence-corrected chi connectivity index (χ2v) is 7.36. The Morgan fingerprint density at radius 2 is 2.08 bits per heavy atom. The molecule has 1 aliphatic heterocycles. The smallest absolute Gasteiger partial charge is 0.331 e. The number of anilines is 1. The van der Waals surface area contributed by atoms with Crippen LogP contribution in [-0.4, -0.2) is 27.6 Å². The van der Waals surface area contributed by atoms with Gasteiger partial charge in [-0.25, -0.2) is 4.79 Å². The van der Waals surface area contributed by atoms with E-state index in [1.807, 2.05) is 24.3 Å². The van der Waals surface area contributed by atoms with Crippen LogP contribution in [0.15, 0.2) is 24.3 Å². The lowest BCUT2D eigenvalue weighted by molar-refractivity contribution is -0.133. The largest absolute Gasteiger partial charge is 0.344 e. The number of nitrogens with one attached hydrogen (secondary N) is 3. The van der Waals surface area contributed by atoms with Gasteiger partial charge in [-0.3, -0.25) is 10.2 Å². The van der Waals surface area contributed by atoms with Crippen LogP contribution in [-0.2, 0) is 11.2 Å². The van der Waals surface area contributed by atoms with Crippen LogP contribution >= 0.6 is 12.2 Å². The predicted octanol–water partition coefficient (Wildman–Crippen LogP) is 2.95. The highest BCUT2D eigenvalue weighted by Crippen LogP contribution is 2.35. The Morgan fingerprint density at radius 3 is 2.76 bits per heavy atom. The van der Waals surface area contributed by atoms with Gasteiger partial charge in [0.2, 0.25) is 0 Å². The SMILES string of the molecule is CCc1cccc(NC(=S)NN2C(=O)NC3(CCC(C)CC3)C2=O)c1. The molecule has 0 unspecified atom stereocenters. The van der Waals surface area contributed by atoms with Crippen LogP contribution in [0.4, 0.5) is 10.5 Å². The van der Waals surface area contributed by atoms with Crippen molar-refractivity contribution in [2.24, 2.45) is 5.92 Å². The Hall–Kier alpha value is -2.15. The fourth-order valence-electron chi connectivity index (χ4n) is 3.45. The Labute approximate surface area is 153 Å². The van der Waals surface area contributed by atoms with Crippen LogP contribution in [0.3, 0.4) is 0 Å². The van der Waals surface area contributed by atoms with Gasteiger partial charge in [-0.15, -0.1) is 0 Å². The third kappa shape index (κ3) is 3.61. The van der Waals surface area contributed by atoms with Gasteiger partial charge in [0.05, 0.1) is 0 Å². The van der Waals surface area contributed by atoms with E-state index in [-0.39, 0.29) is 11.0 Å². The molecule has 0 aromatic heterocycles. The summed E-state index contributed by atoms with van der Waals surface area (Å²) in [5.74, 6) is 0.349. The van der Waals surface area contributed by atoms with Crippen molar-refractivity contribution in [3.63, 3.8) is 0 Å². The van der Waals surface area contributed by atoms with E-state index in [2.05, 4.69) is 29.9 Å². The van der Waals surface area contributed by atoms with Gasteiger partial charge in [-0.05, 0) is 67.9 Å². The first kappa shape index (κ1) is 17.7. The summed E-state index contributed by atoms with van der Waals surface area (Å²) in [6, 6.07) is 7.42. The number of rotatable bonds is 3. The summed E-state index contributed by atoms with van der Waals surface area (Å²) in [5, 5.41) is 7.12. The minimum absolute atomic E-state index is 0.220. The molecule has 0 bridgehead atoms. The zero-order valence-electron chi connectivity index (χ0n) is 14.6. The fraction of sp³-hybridized carbons (Fsp3) is 0.500. The number of aryl methyl sites for hydroxylation is 1. The first-order valence-electron chi connectivity index (χ1n) is 8.77. The molecule has 1 saturated heterocycles. The number of thiocarbonyl (C=S) groups is 1. The summed E-state index contributed by atoms with van der Waals surface area (Å²) in [5.41, 5.74) is 3.97. The number of amides is 3. The highest BCUT2D eigenvalue weighted by Gasteiger charge is 2.52. The molecule has 25 heavy (non-hydrogen) atoms. The minimum atomic E-state index is -0.770. The summed E-state index contributed by atoms with van der Waals surface area (Å²) >= 11 is 5.27. The first-order chi connectivity index (χ1) is 11.9. The molecule has 1 saturated carbocycles. The van der Waals surface area contributed by atoms with Crippen LogP contribution in [0.2, 0.25) is 0 Å². The molecular formula is C18H24N4O2S. The molecule has 1 aliphatic carbocycles. The number of urea groups is 1. The van der Waals surface area contributed by atoms with Crippen molar-refractivity contribution in [3.8, 4) is 0 Å². The van der Waals surface area contributed by atoms with E-state index in [0.717, 1.165) is 30.0 Å². The lowest BCUT2D eigenvalue weighted by Gasteiger charge is -2.33.